The van der Waals surface area contributed by atoms with E-state index in [2.05, 4.69) is 5.32 Å². The predicted octanol–water partition coefficient (Wildman–Crippen LogP) is 7.47. The average Bonchev–Trinajstić information content (AvgIpc) is 2.84. The topological polar surface area (TPSA) is 39.7 Å². The van der Waals surface area contributed by atoms with E-state index in [0.29, 0.717) is 23.1 Å². The normalized spacial score (nSPS) is 10.5. The average molecular weight is 464 g/mol. The molecule has 4 nitrogen and oxygen atoms in total. The maximum absolute atomic E-state index is 13.1. The molecule has 0 saturated carbocycles. The van der Waals surface area contributed by atoms with Gasteiger partial charge in [-0.3, -0.25) is 0 Å². The molecule has 0 unspecified atom stereocenters. The highest BCUT2D eigenvalue weighted by Gasteiger charge is 2.13. The van der Waals surface area contributed by atoms with Gasteiger partial charge in [-0.15, -0.1) is 0 Å². The Labute approximate surface area is 197 Å². The summed E-state index contributed by atoms with van der Waals surface area (Å²) in [6, 6.07) is 27.2. The first-order valence-electron chi connectivity index (χ1n) is 10.4. The van der Waals surface area contributed by atoms with Gasteiger partial charge in [0.1, 0.15) is 23.9 Å². The Morgan fingerprint density at radius 3 is 2.21 bits per heavy atom. The molecule has 4 aromatic rings. The summed E-state index contributed by atoms with van der Waals surface area (Å²) >= 11 is 6.48. The van der Waals surface area contributed by atoms with Gasteiger partial charge in [-0.2, -0.15) is 0 Å². The van der Waals surface area contributed by atoms with Crippen LogP contribution in [0.2, 0.25) is 5.02 Å². The van der Waals surface area contributed by atoms with Gasteiger partial charge < -0.3 is 19.5 Å². The van der Waals surface area contributed by atoms with Crippen LogP contribution in [0, 0.1) is 5.82 Å². The van der Waals surface area contributed by atoms with E-state index in [9.17, 15) is 4.39 Å². The van der Waals surface area contributed by atoms with E-state index >= 15 is 0 Å². The molecule has 0 spiro atoms. The zero-order valence-corrected chi connectivity index (χ0v) is 18.8. The molecule has 6 heteroatoms. The number of anilines is 1. The van der Waals surface area contributed by atoms with Gasteiger partial charge in [-0.1, -0.05) is 41.9 Å². The van der Waals surface area contributed by atoms with Crippen molar-refractivity contribution in [3.8, 4) is 23.0 Å². The third-order valence-corrected chi connectivity index (χ3v) is 5.20. The van der Waals surface area contributed by atoms with Crippen LogP contribution < -0.4 is 19.5 Å². The molecule has 0 fully saturated rings. The van der Waals surface area contributed by atoms with E-state index < -0.39 is 0 Å². The smallest absolute Gasteiger partial charge is 0.180 e. The second-order valence-electron chi connectivity index (χ2n) is 7.32. The lowest BCUT2D eigenvalue weighted by Crippen LogP contribution is -2.02. The van der Waals surface area contributed by atoms with E-state index in [1.807, 2.05) is 66.7 Å². The van der Waals surface area contributed by atoms with Gasteiger partial charge in [-0.05, 0) is 71.8 Å². The summed E-state index contributed by atoms with van der Waals surface area (Å²) in [6.45, 7) is 0.804. The molecular formula is C27H23ClFNO3. The molecule has 168 valence electrons. The number of benzene rings is 4. The lowest BCUT2D eigenvalue weighted by Gasteiger charge is -2.15. The van der Waals surface area contributed by atoms with Crippen molar-refractivity contribution in [2.75, 3.05) is 12.4 Å². The van der Waals surface area contributed by atoms with Crippen LogP contribution >= 0.6 is 11.6 Å². The second kappa shape index (κ2) is 10.7. The van der Waals surface area contributed by atoms with Gasteiger partial charge in [0.2, 0.25) is 0 Å². The third kappa shape index (κ3) is 6.18. The van der Waals surface area contributed by atoms with Gasteiger partial charge in [0, 0.05) is 12.2 Å². The number of rotatable bonds is 9. The molecule has 0 aromatic heterocycles. The highest BCUT2D eigenvalue weighted by molar-refractivity contribution is 6.32. The first-order chi connectivity index (χ1) is 16.1. The number of methoxy groups -OCH3 is 1. The summed E-state index contributed by atoms with van der Waals surface area (Å²) in [5.41, 5.74) is 2.72. The van der Waals surface area contributed by atoms with Crippen molar-refractivity contribution in [1.29, 1.82) is 0 Å². The monoisotopic (exact) mass is 463 g/mol. The van der Waals surface area contributed by atoms with Crippen molar-refractivity contribution >= 4 is 17.3 Å². The summed E-state index contributed by atoms with van der Waals surface area (Å²) in [5.74, 6) is 2.26. The van der Waals surface area contributed by atoms with Crippen LogP contribution in [-0.4, -0.2) is 7.11 Å². The maximum Gasteiger partial charge on any atom is 0.180 e. The molecular weight excluding hydrogens is 441 g/mol. The van der Waals surface area contributed by atoms with Crippen LogP contribution in [0.4, 0.5) is 10.1 Å². The van der Waals surface area contributed by atoms with Crippen LogP contribution in [0.15, 0.2) is 91.0 Å². The number of hydrogen-bond donors (Lipinski definition) is 1. The van der Waals surface area contributed by atoms with Gasteiger partial charge >= 0.3 is 0 Å². The molecule has 0 bridgehead atoms. The lowest BCUT2D eigenvalue weighted by molar-refractivity contribution is 0.284. The summed E-state index contributed by atoms with van der Waals surface area (Å²) in [6.07, 6.45) is 0. The van der Waals surface area contributed by atoms with Gasteiger partial charge in [-0.25, -0.2) is 4.39 Å². The second-order valence-corrected chi connectivity index (χ2v) is 7.72. The molecule has 0 heterocycles. The molecule has 4 aromatic carbocycles. The molecule has 0 amide bonds. The van der Waals surface area contributed by atoms with Crippen LogP contribution in [-0.2, 0) is 13.2 Å². The Hall–Kier alpha value is -3.70. The number of hydrogen-bond acceptors (Lipinski definition) is 4. The molecule has 1 N–H and O–H groups in total. The fourth-order valence-corrected chi connectivity index (χ4v) is 3.51. The quantitative estimate of drug-likeness (QED) is 0.279. The largest absolute Gasteiger partial charge is 0.493 e. The first kappa shape index (κ1) is 22.5. The zero-order valence-electron chi connectivity index (χ0n) is 18.1. The van der Waals surface area contributed by atoms with E-state index in [0.717, 1.165) is 28.3 Å². The minimum Gasteiger partial charge on any atom is -0.493 e. The fraction of sp³-hybridized carbons (Fsp3) is 0.111. The van der Waals surface area contributed by atoms with Crippen molar-refractivity contribution in [1.82, 2.24) is 0 Å². The fourth-order valence-electron chi connectivity index (χ4n) is 3.22. The minimum absolute atomic E-state index is 0.255. The maximum atomic E-state index is 13.1. The highest BCUT2D eigenvalue weighted by Crippen LogP contribution is 2.37. The van der Waals surface area contributed by atoms with E-state index in [4.69, 9.17) is 25.8 Å². The molecule has 33 heavy (non-hydrogen) atoms. The molecule has 0 aliphatic rings. The Balaban J connectivity index is 1.38. The Kier molecular flexibility index (Phi) is 7.33. The SMILES string of the molecule is COc1cc(CNc2ccc(Oc3ccccc3)cc2)cc(Cl)c1OCc1ccc(F)cc1. The zero-order chi connectivity index (χ0) is 23.0. The summed E-state index contributed by atoms with van der Waals surface area (Å²) in [5, 5.41) is 3.81. The molecule has 0 aliphatic carbocycles. The Morgan fingerprint density at radius 1 is 0.818 bits per heavy atom. The lowest BCUT2D eigenvalue weighted by atomic mass is 10.2. The summed E-state index contributed by atoms with van der Waals surface area (Å²) in [4.78, 5) is 0. The molecule has 0 aliphatic heterocycles. The van der Waals surface area contributed by atoms with Gasteiger partial charge in [0.15, 0.2) is 11.5 Å². The van der Waals surface area contributed by atoms with Crippen molar-refractivity contribution in [3.05, 3.63) is 113 Å². The predicted molar refractivity (Wildman–Crippen MR) is 129 cm³/mol. The van der Waals surface area contributed by atoms with Gasteiger partial charge in [0.25, 0.3) is 0 Å². The highest BCUT2D eigenvalue weighted by atomic mass is 35.5. The van der Waals surface area contributed by atoms with Gasteiger partial charge in [0.05, 0.1) is 12.1 Å². The van der Waals surface area contributed by atoms with Crippen molar-refractivity contribution in [2.45, 2.75) is 13.2 Å². The Bertz CT molecular complexity index is 1180. The minimum atomic E-state index is -0.287. The van der Waals surface area contributed by atoms with Crippen LogP contribution in [0.1, 0.15) is 11.1 Å². The van der Waals surface area contributed by atoms with Crippen molar-refractivity contribution in [2.24, 2.45) is 0 Å². The molecule has 0 saturated heterocycles. The molecule has 4 rings (SSSR count). The summed E-state index contributed by atoms with van der Waals surface area (Å²) < 4.78 is 30.2. The molecule has 0 radical (unpaired) electrons. The van der Waals surface area contributed by atoms with E-state index in [1.165, 1.54) is 12.1 Å². The van der Waals surface area contributed by atoms with Crippen LogP contribution in [0.3, 0.4) is 0 Å². The first-order valence-corrected chi connectivity index (χ1v) is 10.8. The van der Waals surface area contributed by atoms with Crippen molar-refractivity contribution < 1.29 is 18.6 Å². The number of halogens is 2. The number of nitrogens with one attached hydrogen (secondary N) is 1. The standard InChI is InChI=1S/C27H23ClFNO3/c1-31-26-16-20(15-25(28)27(26)32-18-19-7-9-21(29)10-8-19)17-30-22-11-13-24(14-12-22)33-23-5-3-2-4-6-23/h2-16,30H,17-18H2,1H3. The van der Waals surface area contributed by atoms with Crippen LogP contribution in [0.5, 0.6) is 23.0 Å². The third-order valence-electron chi connectivity index (χ3n) is 4.92. The number of para-hydroxylation sites is 1. The van der Waals surface area contributed by atoms with Crippen molar-refractivity contribution in [3.63, 3.8) is 0 Å². The molecule has 0 atom stereocenters. The number of ether oxygens (including phenoxy) is 3. The van der Waals surface area contributed by atoms with E-state index in [-0.39, 0.29) is 12.4 Å². The van der Waals surface area contributed by atoms with E-state index in [1.54, 1.807) is 19.2 Å². The van der Waals surface area contributed by atoms with Crippen LogP contribution in [0.25, 0.3) is 0 Å². The Morgan fingerprint density at radius 2 is 1.52 bits per heavy atom. The summed E-state index contributed by atoms with van der Waals surface area (Å²) in [7, 11) is 1.57.